The Bertz CT molecular complexity index is 1160. The molecule has 0 aliphatic carbocycles. The number of hydrogen-bond donors (Lipinski definition) is 1. The quantitative estimate of drug-likeness (QED) is 0.604. The van der Waals surface area contributed by atoms with E-state index in [1.54, 1.807) is 37.3 Å². The standard InChI is InChI=1S/C22H20ClFN2O3S/c1-15-13-17(22(27)25-14-16-3-8-19(24)9-4-16)5-12-21(15)26(2)30(28,29)20-10-6-18(23)7-11-20/h3-13H,14H2,1-2H3,(H,25,27). The molecule has 0 unspecified atom stereocenters. The first-order chi connectivity index (χ1) is 14.2. The van der Waals surface area contributed by atoms with E-state index in [0.29, 0.717) is 21.8 Å². The van der Waals surface area contributed by atoms with Gasteiger partial charge in [0.15, 0.2) is 0 Å². The van der Waals surface area contributed by atoms with Crippen LogP contribution in [0.5, 0.6) is 0 Å². The van der Waals surface area contributed by atoms with Gasteiger partial charge in [-0.05, 0) is 72.6 Å². The maximum Gasteiger partial charge on any atom is 0.264 e. The van der Waals surface area contributed by atoms with Gasteiger partial charge in [-0.15, -0.1) is 0 Å². The lowest BCUT2D eigenvalue weighted by Crippen LogP contribution is -2.27. The fraction of sp³-hybridized carbons (Fsp3) is 0.136. The molecule has 8 heteroatoms. The van der Waals surface area contributed by atoms with Crippen molar-refractivity contribution in [2.45, 2.75) is 18.4 Å². The Morgan fingerprint density at radius 3 is 2.27 bits per heavy atom. The Morgan fingerprint density at radius 1 is 1.03 bits per heavy atom. The molecule has 156 valence electrons. The number of aryl methyl sites for hydroxylation is 1. The predicted molar refractivity (Wildman–Crippen MR) is 116 cm³/mol. The number of hydrogen-bond acceptors (Lipinski definition) is 3. The van der Waals surface area contributed by atoms with Gasteiger partial charge in [-0.3, -0.25) is 9.10 Å². The van der Waals surface area contributed by atoms with Gasteiger partial charge in [-0.1, -0.05) is 23.7 Å². The average molecular weight is 447 g/mol. The Balaban J connectivity index is 1.76. The Kier molecular flexibility index (Phi) is 6.43. The van der Waals surface area contributed by atoms with Crippen LogP contribution in [0, 0.1) is 12.7 Å². The molecule has 3 aromatic carbocycles. The van der Waals surface area contributed by atoms with E-state index in [0.717, 1.165) is 5.56 Å². The van der Waals surface area contributed by atoms with Crippen LogP contribution in [0.15, 0.2) is 71.6 Å². The van der Waals surface area contributed by atoms with Crippen LogP contribution in [0.3, 0.4) is 0 Å². The van der Waals surface area contributed by atoms with Crippen molar-refractivity contribution in [1.82, 2.24) is 5.32 Å². The van der Waals surface area contributed by atoms with Crippen LogP contribution in [0.1, 0.15) is 21.5 Å². The smallest absolute Gasteiger partial charge is 0.264 e. The summed E-state index contributed by atoms with van der Waals surface area (Å²) in [5, 5.41) is 3.21. The largest absolute Gasteiger partial charge is 0.348 e. The van der Waals surface area contributed by atoms with E-state index in [-0.39, 0.29) is 23.2 Å². The third-order valence-corrected chi connectivity index (χ3v) is 6.67. The normalized spacial score (nSPS) is 11.2. The first kappa shape index (κ1) is 21.8. The van der Waals surface area contributed by atoms with Crippen molar-refractivity contribution in [2.24, 2.45) is 0 Å². The van der Waals surface area contributed by atoms with Crippen molar-refractivity contribution in [2.75, 3.05) is 11.4 Å². The summed E-state index contributed by atoms with van der Waals surface area (Å²) in [6.07, 6.45) is 0. The minimum Gasteiger partial charge on any atom is -0.348 e. The maximum absolute atomic E-state index is 13.0. The van der Waals surface area contributed by atoms with Crippen LogP contribution < -0.4 is 9.62 Å². The highest BCUT2D eigenvalue weighted by molar-refractivity contribution is 7.92. The summed E-state index contributed by atoms with van der Waals surface area (Å²) >= 11 is 5.84. The molecule has 5 nitrogen and oxygen atoms in total. The number of amides is 1. The monoisotopic (exact) mass is 446 g/mol. The summed E-state index contributed by atoms with van der Waals surface area (Å²) in [5.74, 6) is -0.647. The maximum atomic E-state index is 13.0. The fourth-order valence-corrected chi connectivity index (χ4v) is 4.32. The van der Waals surface area contributed by atoms with Crippen molar-refractivity contribution >= 4 is 33.2 Å². The second kappa shape index (κ2) is 8.85. The van der Waals surface area contributed by atoms with E-state index in [9.17, 15) is 17.6 Å². The van der Waals surface area contributed by atoms with Gasteiger partial charge in [0.05, 0.1) is 10.6 Å². The molecule has 0 spiro atoms. The van der Waals surface area contributed by atoms with E-state index in [2.05, 4.69) is 5.32 Å². The van der Waals surface area contributed by atoms with Crippen LogP contribution in [-0.2, 0) is 16.6 Å². The van der Waals surface area contributed by atoms with E-state index < -0.39 is 10.0 Å². The molecular formula is C22H20ClFN2O3S. The van der Waals surface area contributed by atoms with Gasteiger partial charge in [-0.25, -0.2) is 12.8 Å². The lowest BCUT2D eigenvalue weighted by molar-refractivity contribution is 0.0951. The molecule has 0 saturated heterocycles. The topological polar surface area (TPSA) is 66.5 Å². The second-order valence-electron chi connectivity index (χ2n) is 6.74. The zero-order chi connectivity index (χ0) is 21.9. The predicted octanol–water partition coefficient (Wildman–Crippen LogP) is 4.54. The van der Waals surface area contributed by atoms with Crippen molar-refractivity contribution in [1.29, 1.82) is 0 Å². The number of nitrogens with one attached hydrogen (secondary N) is 1. The van der Waals surface area contributed by atoms with Crippen molar-refractivity contribution < 1.29 is 17.6 Å². The second-order valence-corrected chi connectivity index (χ2v) is 9.14. The van der Waals surface area contributed by atoms with Gasteiger partial charge in [0.2, 0.25) is 0 Å². The fourth-order valence-electron chi connectivity index (χ4n) is 2.93. The molecule has 1 N–H and O–H groups in total. The van der Waals surface area contributed by atoms with E-state index >= 15 is 0 Å². The SMILES string of the molecule is Cc1cc(C(=O)NCc2ccc(F)cc2)ccc1N(C)S(=O)(=O)c1ccc(Cl)cc1. The summed E-state index contributed by atoms with van der Waals surface area (Å²) in [4.78, 5) is 12.6. The lowest BCUT2D eigenvalue weighted by Gasteiger charge is -2.22. The molecule has 3 aromatic rings. The minimum absolute atomic E-state index is 0.120. The summed E-state index contributed by atoms with van der Waals surface area (Å²) in [5.41, 5.74) is 2.26. The highest BCUT2D eigenvalue weighted by Crippen LogP contribution is 2.27. The third-order valence-electron chi connectivity index (χ3n) is 4.64. The average Bonchev–Trinajstić information content (AvgIpc) is 2.73. The number of halogens is 2. The van der Waals surface area contributed by atoms with Crippen LogP contribution in [-0.4, -0.2) is 21.4 Å². The Labute approximate surface area is 180 Å². The van der Waals surface area contributed by atoms with Crippen LogP contribution in [0.25, 0.3) is 0 Å². The van der Waals surface area contributed by atoms with Crippen molar-refractivity contribution in [3.05, 3.63) is 94.3 Å². The van der Waals surface area contributed by atoms with Crippen molar-refractivity contribution in [3.8, 4) is 0 Å². The highest BCUT2D eigenvalue weighted by atomic mass is 35.5. The third kappa shape index (κ3) is 4.80. The molecule has 30 heavy (non-hydrogen) atoms. The lowest BCUT2D eigenvalue weighted by atomic mass is 10.1. The molecule has 0 atom stereocenters. The molecule has 1 amide bonds. The van der Waals surface area contributed by atoms with Crippen LogP contribution in [0.2, 0.25) is 5.02 Å². The van der Waals surface area contributed by atoms with E-state index in [1.165, 1.54) is 47.8 Å². The van der Waals surface area contributed by atoms with Gasteiger partial charge in [-0.2, -0.15) is 0 Å². The summed E-state index contributed by atoms with van der Waals surface area (Å²) in [7, 11) is -2.31. The zero-order valence-electron chi connectivity index (χ0n) is 16.4. The number of carbonyl (C=O) groups is 1. The van der Waals surface area contributed by atoms with Gasteiger partial charge in [0.1, 0.15) is 5.82 Å². The number of benzene rings is 3. The van der Waals surface area contributed by atoms with Gasteiger partial charge in [0.25, 0.3) is 15.9 Å². The van der Waals surface area contributed by atoms with Gasteiger partial charge >= 0.3 is 0 Å². The van der Waals surface area contributed by atoms with Crippen LogP contribution in [0.4, 0.5) is 10.1 Å². The number of rotatable bonds is 6. The van der Waals surface area contributed by atoms with Gasteiger partial charge in [0, 0.05) is 24.2 Å². The molecule has 0 heterocycles. The summed E-state index contributed by atoms with van der Waals surface area (Å²) in [6.45, 7) is 1.99. The van der Waals surface area contributed by atoms with Crippen LogP contribution >= 0.6 is 11.6 Å². The van der Waals surface area contributed by atoms with E-state index in [1.807, 2.05) is 0 Å². The molecule has 0 bridgehead atoms. The number of sulfonamides is 1. The van der Waals surface area contributed by atoms with Crippen molar-refractivity contribution in [3.63, 3.8) is 0 Å². The molecule has 0 fully saturated rings. The minimum atomic E-state index is -3.77. The summed E-state index contributed by atoms with van der Waals surface area (Å²) < 4.78 is 39.9. The highest BCUT2D eigenvalue weighted by Gasteiger charge is 2.23. The Hall–Kier alpha value is -2.90. The molecule has 0 aliphatic heterocycles. The molecule has 3 rings (SSSR count). The first-order valence-corrected chi connectivity index (χ1v) is 10.9. The van der Waals surface area contributed by atoms with Gasteiger partial charge < -0.3 is 5.32 Å². The molecule has 0 radical (unpaired) electrons. The molecular weight excluding hydrogens is 427 g/mol. The summed E-state index contributed by atoms with van der Waals surface area (Å²) in [6, 6.07) is 16.6. The number of anilines is 1. The number of nitrogens with zero attached hydrogens (tertiary/aromatic N) is 1. The Morgan fingerprint density at radius 2 is 1.67 bits per heavy atom. The van der Waals surface area contributed by atoms with E-state index in [4.69, 9.17) is 11.6 Å². The molecule has 0 aliphatic rings. The molecule has 0 aromatic heterocycles. The first-order valence-electron chi connectivity index (χ1n) is 9.06. The zero-order valence-corrected chi connectivity index (χ0v) is 18.0. The number of carbonyl (C=O) groups excluding carboxylic acids is 1. The molecule has 0 saturated carbocycles.